The monoisotopic (exact) mass is 370 g/mol. The summed E-state index contributed by atoms with van der Waals surface area (Å²) in [5, 5.41) is 22.0. The molecule has 1 aliphatic heterocycles. The third-order valence-corrected chi connectivity index (χ3v) is 4.98. The molecule has 2 aromatic rings. The Balaban J connectivity index is 1.74. The molecule has 0 unspecified atom stereocenters. The Hall–Kier alpha value is -3.16. The molecule has 0 radical (unpaired) electrons. The van der Waals surface area contributed by atoms with Crippen LogP contribution in [0.25, 0.3) is 0 Å². The Morgan fingerprint density at radius 1 is 0.741 bits per heavy atom. The zero-order chi connectivity index (χ0) is 19.6. The second-order valence-electron chi connectivity index (χ2n) is 6.78. The van der Waals surface area contributed by atoms with Crippen LogP contribution < -0.4 is 9.80 Å². The van der Waals surface area contributed by atoms with Crippen LogP contribution >= 0.6 is 0 Å². The van der Waals surface area contributed by atoms with Crippen molar-refractivity contribution >= 4 is 22.7 Å². The number of nitro groups is 2. The highest BCUT2D eigenvalue weighted by atomic mass is 16.6. The largest absolute Gasteiger partial charge is 0.370 e. The Labute approximate surface area is 157 Å². The van der Waals surface area contributed by atoms with E-state index in [1.54, 1.807) is 38.1 Å². The molecule has 2 aromatic carbocycles. The highest BCUT2D eigenvalue weighted by molar-refractivity contribution is 5.58. The zero-order valence-corrected chi connectivity index (χ0v) is 15.4. The van der Waals surface area contributed by atoms with E-state index >= 15 is 0 Å². The van der Waals surface area contributed by atoms with Crippen molar-refractivity contribution in [2.75, 3.05) is 36.0 Å². The van der Waals surface area contributed by atoms with E-state index < -0.39 is 0 Å². The maximum absolute atomic E-state index is 11.0. The first-order valence-electron chi connectivity index (χ1n) is 8.87. The van der Waals surface area contributed by atoms with Crippen molar-refractivity contribution in [3.8, 4) is 0 Å². The Morgan fingerprint density at radius 2 is 1.15 bits per heavy atom. The number of nitro benzene ring substituents is 2. The van der Waals surface area contributed by atoms with E-state index in [0.29, 0.717) is 11.1 Å². The third-order valence-electron chi connectivity index (χ3n) is 4.98. The smallest absolute Gasteiger partial charge is 0.272 e. The van der Waals surface area contributed by atoms with Crippen LogP contribution in [0.3, 0.4) is 0 Å². The number of benzene rings is 2. The lowest BCUT2D eigenvalue weighted by Crippen LogP contribution is -2.30. The van der Waals surface area contributed by atoms with Crippen molar-refractivity contribution in [3.05, 3.63) is 67.8 Å². The van der Waals surface area contributed by atoms with E-state index in [4.69, 9.17) is 0 Å². The molecule has 142 valence electrons. The van der Waals surface area contributed by atoms with Crippen LogP contribution in [0.2, 0.25) is 0 Å². The van der Waals surface area contributed by atoms with Crippen molar-refractivity contribution in [2.45, 2.75) is 20.3 Å². The molecular weight excluding hydrogens is 348 g/mol. The van der Waals surface area contributed by atoms with Crippen LogP contribution in [0.4, 0.5) is 22.7 Å². The minimum Gasteiger partial charge on any atom is -0.370 e. The van der Waals surface area contributed by atoms with Crippen LogP contribution in [-0.4, -0.2) is 36.0 Å². The number of hydrogen-bond donors (Lipinski definition) is 0. The summed E-state index contributed by atoms with van der Waals surface area (Å²) in [6.45, 7) is 6.80. The summed E-state index contributed by atoms with van der Waals surface area (Å²) >= 11 is 0. The zero-order valence-electron chi connectivity index (χ0n) is 15.4. The van der Waals surface area contributed by atoms with E-state index in [1.807, 2.05) is 12.1 Å². The predicted octanol–water partition coefficient (Wildman–Crippen LogP) is 3.84. The predicted molar refractivity (Wildman–Crippen MR) is 105 cm³/mol. The summed E-state index contributed by atoms with van der Waals surface area (Å²) in [6, 6.07) is 10.5. The van der Waals surface area contributed by atoms with Gasteiger partial charge < -0.3 is 9.80 Å². The first-order valence-corrected chi connectivity index (χ1v) is 8.87. The van der Waals surface area contributed by atoms with Gasteiger partial charge in [-0.2, -0.15) is 0 Å². The van der Waals surface area contributed by atoms with Gasteiger partial charge in [-0.1, -0.05) is 0 Å². The lowest BCUT2D eigenvalue weighted by Gasteiger charge is -2.25. The fourth-order valence-corrected chi connectivity index (χ4v) is 3.52. The van der Waals surface area contributed by atoms with E-state index in [9.17, 15) is 20.2 Å². The number of rotatable bonds is 4. The van der Waals surface area contributed by atoms with Crippen molar-refractivity contribution in [2.24, 2.45) is 0 Å². The molecule has 1 saturated heterocycles. The average molecular weight is 370 g/mol. The molecule has 0 bridgehead atoms. The van der Waals surface area contributed by atoms with Gasteiger partial charge in [0, 0.05) is 60.8 Å². The number of aryl methyl sites for hydroxylation is 2. The van der Waals surface area contributed by atoms with Crippen LogP contribution in [-0.2, 0) is 0 Å². The summed E-state index contributed by atoms with van der Waals surface area (Å²) in [7, 11) is 0. The molecule has 0 saturated carbocycles. The van der Waals surface area contributed by atoms with Gasteiger partial charge in [0.1, 0.15) is 0 Å². The van der Waals surface area contributed by atoms with Crippen LogP contribution in [0.15, 0.2) is 36.4 Å². The van der Waals surface area contributed by atoms with Crippen LogP contribution in [0.5, 0.6) is 0 Å². The second-order valence-corrected chi connectivity index (χ2v) is 6.78. The molecule has 27 heavy (non-hydrogen) atoms. The van der Waals surface area contributed by atoms with Gasteiger partial charge in [-0.05, 0) is 44.5 Å². The van der Waals surface area contributed by atoms with Crippen LogP contribution in [0.1, 0.15) is 17.5 Å². The summed E-state index contributed by atoms with van der Waals surface area (Å²) in [6.07, 6.45) is 0.937. The third kappa shape index (κ3) is 3.99. The SMILES string of the molecule is Cc1cc(N2CCCN(c3ccc([N+](=O)[O-])c(C)c3)CC2)ccc1[N+](=O)[O-]. The number of anilines is 2. The molecule has 1 aliphatic rings. The Kier molecular flexibility index (Phi) is 5.25. The number of hydrogen-bond acceptors (Lipinski definition) is 6. The molecule has 0 spiro atoms. The van der Waals surface area contributed by atoms with Crippen LogP contribution in [0, 0.1) is 34.1 Å². The van der Waals surface area contributed by atoms with Crippen molar-refractivity contribution in [3.63, 3.8) is 0 Å². The summed E-state index contributed by atoms with van der Waals surface area (Å²) in [5.41, 5.74) is 3.56. The fourth-order valence-electron chi connectivity index (χ4n) is 3.52. The Morgan fingerprint density at radius 3 is 1.48 bits per heavy atom. The first kappa shape index (κ1) is 18.6. The molecule has 0 aliphatic carbocycles. The molecule has 0 aromatic heterocycles. The van der Waals surface area contributed by atoms with Crippen molar-refractivity contribution < 1.29 is 9.85 Å². The topological polar surface area (TPSA) is 92.8 Å². The van der Waals surface area contributed by atoms with Gasteiger partial charge in [0.2, 0.25) is 0 Å². The maximum Gasteiger partial charge on any atom is 0.272 e. The standard InChI is InChI=1S/C19H22N4O4/c1-14-12-16(4-6-18(14)22(24)25)20-8-3-9-21(11-10-20)17-5-7-19(23(26)27)15(2)13-17/h4-7,12-13H,3,8-11H2,1-2H3. The highest BCUT2D eigenvalue weighted by Crippen LogP contribution is 2.28. The molecule has 0 amide bonds. The van der Waals surface area contributed by atoms with Gasteiger partial charge in [0.25, 0.3) is 11.4 Å². The average Bonchev–Trinajstić information content (AvgIpc) is 2.87. The molecule has 8 nitrogen and oxygen atoms in total. The molecule has 0 N–H and O–H groups in total. The molecule has 8 heteroatoms. The van der Waals surface area contributed by atoms with E-state index in [0.717, 1.165) is 44.0 Å². The summed E-state index contributed by atoms with van der Waals surface area (Å²) < 4.78 is 0. The fraction of sp³-hybridized carbons (Fsp3) is 0.368. The first-order chi connectivity index (χ1) is 12.9. The molecule has 0 atom stereocenters. The minimum absolute atomic E-state index is 0.136. The molecule has 1 fully saturated rings. The quantitative estimate of drug-likeness (QED) is 0.600. The lowest BCUT2D eigenvalue weighted by molar-refractivity contribution is -0.385. The van der Waals surface area contributed by atoms with E-state index in [-0.39, 0.29) is 21.2 Å². The Bertz CT molecular complexity index is 813. The van der Waals surface area contributed by atoms with E-state index in [1.165, 1.54) is 0 Å². The second kappa shape index (κ2) is 7.61. The molecular formula is C19H22N4O4. The van der Waals surface area contributed by atoms with E-state index in [2.05, 4.69) is 9.80 Å². The lowest BCUT2D eigenvalue weighted by atomic mass is 10.1. The number of nitrogens with zero attached hydrogens (tertiary/aromatic N) is 4. The van der Waals surface area contributed by atoms with Gasteiger partial charge in [-0.3, -0.25) is 20.2 Å². The highest BCUT2D eigenvalue weighted by Gasteiger charge is 2.19. The maximum atomic E-state index is 11.0. The van der Waals surface area contributed by atoms with Gasteiger partial charge in [0.15, 0.2) is 0 Å². The van der Waals surface area contributed by atoms with Gasteiger partial charge in [-0.15, -0.1) is 0 Å². The molecule has 1 heterocycles. The van der Waals surface area contributed by atoms with Crippen molar-refractivity contribution in [1.29, 1.82) is 0 Å². The molecule has 3 rings (SSSR count). The summed E-state index contributed by atoms with van der Waals surface area (Å²) in [4.78, 5) is 25.7. The normalized spacial score (nSPS) is 14.7. The van der Waals surface area contributed by atoms with Gasteiger partial charge >= 0.3 is 0 Å². The van der Waals surface area contributed by atoms with Crippen molar-refractivity contribution in [1.82, 2.24) is 0 Å². The minimum atomic E-state index is -0.361. The summed E-state index contributed by atoms with van der Waals surface area (Å²) in [5.74, 6) is 0. The van der Waals surface area contributed by atoms with Gasteiger partial charge in [-0.25, -0.2) is 0 Å². The van der Waals surface area contributed by atoms with Gasteiger partial charge in [0.05, 0.1) is 9.85 Å².